The Labute approximate surface area is 129 Å². The van der Waals surface area contributed by atoms with Gasteiger partial charge in [0.15, 0.2) is 0 Å². The predicted molar refractivity (Wildman–Crippen MR) is 85.0 cm³/mol. The number of nitrogens with one attached hydrogen (secondary N) is 2. The lowest BCUT2D eigenvalue weighted by molar-refractivity contribution is 0.959. The number of hydrogen-bond donors (Lipinski definition) is 2. The van der Waals surface area contributed by atoms with Crippen LogP contribution in [0.4, 0.5) is 11.6 Å². The molecule has 4 rings (SSSR count). The van der Waals surface area contributed by atoms with E-state index in [9.17, 15) is 0 Å². The fraction of sp³-hybridized carbons (Fsp3) is 0.0714. The van der Waals surface area contributed by atoms with Gasteiger partial charge in [0.2, 0.25) is 5.95 Å². The van der Waals surface area contributed by atoms with E-state index in [1.165, 1.54) is 0 Å². The first-order chi connectivity index (χ1) is 10.8. The smallest absolute Gasteiger partial charge is 0.227 e. The number of anilines is 2. The number of fused-ring (bicyclic) bond motifs is 1. The molecule has 3 aromatic heterocycles. The van der Waals surface area contributed by atoms with E-state index in [2.05, 4.69) is 35.7 Å². The monoisotopic (exact) mass is 309 g/mol. The minimum Gasteiger partial charge on any atom is -0.324 e. The van der Waals surface area contributed by atoms with Gasteiger partial charge in [0.05, 0.1) is 5.52 Å². The Hall–Kier alpha value is -2.87. The van der Waals surface area contributed by atoms with E-state index in [1.807, 2.05) is 37.4 Å². The second-order valence-corrected chi connectivity index (χ2v) is 5.95. The van der Waals surface area contributed by atoms with Crippen molar-refractivity contribution in [3.8, 4) is 10.7 Å². The van der Waals surface area contributed by atoms with Crippen molar-refractivity contribution in [2.24, 2.45) is 0 Å². The highest BCUT2D eigenvalue weighted by Gasteiger charge is 2.07. The number of thiazole rings is 1. The summed E-state index contributed by atoms with van der Waals surface area (Å²) in [7, 11) is 0. The van der Waals surface area contributed by atoms with Gasteiger partial charge in [-0.25, -0.2) is 15.0 Å². The first-order valence-electron chi connectivity index (χ1n) is 6.62. The van der Waals surface area contributed by atoms with Crippen LogP contribution in [0.3, 0.4) is 0 Å². The van der Waals surface area contributed by atoms with Crippen LogP contribution < -0.4 is 5.32 Å². The van der Waals surface area contributed by atoms with Crippen molar-refractivity contribution in [1.29, 1.82) is 0 Å². The van der Waals surface area contributed by atoms with Gasteiger partial charge in [0.1, 0.15) is 16.2 Å². The highest BCUT2D eigenvalue weighted by Crippen LogP contribution is 2.24. The molecule has 0 aliphatic carbocycles. The number of H-pyrrole nitrogens is 1. The van der Waals surface area contributed by atoms with Crippen LogP contribution in [0.25, 0.3) is 21.7 Å². The number of aromatic amines is 1. The van der Waals surface area contributed by atoms with Crippen LogP contribution >= 0.6 is 11.3 Å². The number of rotatable bonds is 3. The normalized spacial score (nSPS) is 11.0. The lowest BCUT2D eigenvalue weighted by Crippen LogP contribution is -1.97. The summed E-state index contributed by atoms with van der Waals surface area (Å²) in [5.41, 5.74) is 3.34. The Kier molecular flexibility index (Phi) is 3.01. The van der Waals surface area contributed by atoms with Crippen molar-refractivity contribution >= 4 is 34.0 Å². The Morgan fingerprint density at radius 3 is 3.00 bits per heavy atom. The molecule has 0 amide bonds. The van der Waals surface area contributed by atoms with E-state index in [0.29, 0.717) is 5.95 Å². The van der Waals surface area contributed by atoms with Crippen LogP contribution in [0.2, 0.25) is 0 Å². The Balaban J connectivity index is 1.65. The van der Waals surface area contributed by atoms with E-state index in [1.54, 1.807) is 17.5 Å². The number of hydrogen-bond acceptors (Lipinski definition) is 7. The van der Waals surface area contributed by atoms with E-state index < -0.39 is 0 Å². The zero-order valence-electron chi connectivity index (χ0n) is 11.6. The number of aromatic nitrogens is 6. The molecule has 0 saturated heterocycles. The van der Waals surface area contributed by atoms with Gasteiger partial charge in [-0.05, 0) is 31.2 Å². The molecule has 4 aromatic rings. The molecule has 0 atom stereocenters. The van der Waals surface area contributed by atoms with Gasteiger partial charge in [0, 0.05) is 23.0 Å². The highest BCUT2D eigenvalue weighted by molar-refractivity contribution is 7.14. The summed E-state index contributed by atoms with van der Waals surface area (Å²) < 4.78 is 0. The standard InChI is InChI=1S/C14H11N7S/c1-8-7-16-13(22-8)11-4-5-15-14(18-11)17-9-2-3-10-12(6-9)20-21-19-10/h2-7H,1H3,(H,15,17,18)(H,19,20,21). The van der Waals surface area contributed by atoms with Gasteiger partial charge < -0.3 is 5.32 Å². The highest BCUT2D eigenvalue weighted by atomic mass is 32.1. The summed E-state index contributed by atoms with van der Waals surface area (Å²) >= 11 is 1.61. The summed E-state index contributed by atoms with van der Waals surface area (Å²) in [5, 5.41) is 14.6. The van der Waals surface area contributed by atoms with Crippen molar-refractivity contribution in [1.82, 2.24) is 30.4 Å². The molecule has 2 N–H and O–H groups in total. The minimum atomic E-state index is 0.521. The van der Waals surface area contributed by atoms with Crippen LogP contribution in [0.1, 0.15) is 4.88 Å². The molecule has 108 valence electrons. The summed E-state index contributed by atoms with van der Waals surface area (Å²) in [6, 6.07) is 7.57. The maximum absolute atomic E-state index is 4.50. The van der Waals surface area contributed by atoms with E-state index in [4.69, 9.17) is 0 Å². The number of benzene rings is 1. The average Bonchev–Trinajstić information content (AvgIpc) is 3.16. The Morgan fingerprint density at radius 2 is 2.14 bits per heavy atom. The van der Waals surface area contributed by atoms with Crippen molar-refractivity contribution in [3.05, 3.63) is 41.5 Å². The number of aryl methyl sites for hydroxylation is 1. The predicted octanol–water partition coefficient (Wildman–Crippen LogP) is 2.92. The molecule has 0 saturated carbocycles. The lowest BCUT2D eigenvalue weighted by Gasteiger charge is -2.05. The van der Waals surface area contributed by atoms with E-state index >= 15 is 0 Å². The first-order valence-corrected chi connectivity index (χ1v) is 7.43. The molecule has 0 radical (unpaired) electrons. The molecule has 0 unspecified atom stereocenters. The maximum Gasteiger partial charge on any atom is 0.227 e. The van der Waals surface area contributed by atoms with Gasteiger partial charge in [-0.1, -0.05) is 5.21 Å². The molecular formula is C14H11N7S. The van der Waals surface area contributed by atoms with Crippen molar-refractivity contribution < 1.29 is 0 Å². The second-order valence-electron chi connectivity index (χ2n) is 4.71. The SMILES string of the molecule is Cc1cnc(-c2ccnc(Nc3ccc4[nH]nnc4c3)n2)s1. The molecule has 0 bridgehead atoms. The molecule has 7 nitrogen and oxygen atoms in total. The lowest BCUT2D eigenvalue weighted by atomic mass is 10.3. The zero-order valence-corrected chi connectivity index (χ0v) is 12.4. The fourth-order valence-corrected chi connectivity index (χ4v) is 2.79. The van der Waals surface area contributed by atoms with Crippen LogP contribution in [0.15, 0.2) is 36.7 Å². The molecule has 8 heteroatoms. The van der Waals surface area contributed by atoms with Crippen molar-refractivity contribution in [2.45, 2.75) is 6.92 Å². The van der Waals surface area contributed by atoms with Crippen LogP contribution in [-0.4, -0.2) is 30.4 Å². The zero-order chi connectivity index (χ0) is 14.9. The summed E-state index contributed by atoms with van der Waals surface area (Å²) in [4.78, 5) is 14.2. The third-order valence-corrected chi connectivity index (χ3v) is 4.01. The molecular weight excluding hydrogens is 298 g/mol. The molecule has 0 aliphatic heterocycles. The van der Waals surface area contributed by atoms with Crippen molar-refractivity contribution in [3.63, 3.8) is 0 Å². The minimum absolute atomic E-state index is 0.521. The van der Waals surface area contributed by atoms with E-state index in [-0.39, 0.29) is 0 Å². The third-order valence-electron chi connectivity index (χ3n) is 3.08. The molecule has 3 heterocycles. The summed E-state index contributed by atoms with van der Waals surface area (Å²) in [6.07, 6.45) is 3.56. The third kappa shape index (κ3) is 2.40. The van der Waals surface area contributed by atoms with Gasteiger partial charge in [-0.2, -0.15) is 0 Å². The van der Waals surface area contributed by atoms with Gasteiger partial charge in [0.25, 0.3) is 0 Å². The molecule has 22 heavy (non-hydrogen) atoms. The topological polar surface area (TPSA) is 92.3 Å². The van der Waals surface area contributed by atoms with Gasteiger partial charge in [-0.15, -0.1) is 16.4 Å². The summed E-state index contributed by atoms with van der Waals surface area (Å²) in [6.45, 7) is 2.02. The molecule has 0 aliphatic rings. The maximum atomic E-state index is 4.50. The van der Waals surface area contributed by atoms with Crippen LogP contribution in [-0.2, 0) is 0 Å². The van der Waals surface area contributed by atoms with Gasteiger partial charge in [-0.3, -0.25) is 5.10 Å². The largest absolute Gasteiger partial charge is 0.324 e. The Bertz CT molecular complexity index is 943. The molecule has 1 aromatic carbocycles. The average molecular weight is 309 g/mol. The fourth-order valence-electron chi connectivity index (χ4n) is 2.06. The van der Waals surface area contributed by atoms with E-state index in [0.717, 1.165) is 32.3 Å². The first kappa shape index (κ1) is 12.8. The second kappa shape index (κ2) is 5.15. The quantitative estimate of drug-likeness (QED) is 0.604. The molecule has 0 fully saturated rings. The molecule has 0 spiro atoms. The van der Waals surface area contributed by atoms with Crippen LogP contribution in [0.5, 0.6) is 0 Å². The number of nitrogens with zero attached hydrogens (tertiary/aromatic N) is 5. The Morgan fingerprint density at radius 1 is 1.18 bits per heavy atom. The van der Waals surface area contributed by atoms with Crippen LogP contribution in [0, 0.1) is 6.92 Å². The van der Waals surface area contributed by atoms with Gasteiger partial charge >= 0.3 is 0 Å². The van der Waals surface area contributed by atoms with Crippen molar-refractivity contribution in [2.75, 3.05) is 5.32 Å². The summed E-state index contributed by atoms with van der Waals surface area (Å²) in [5.74, 6) is 0.521.